The lowest BCUT2D eigenvalue weighted by Crippen LogP contribution is -2.65. The highest BCUT2D eigenvalue weighted by Gasteiger charge is 2.68. The van der Waals surface area contributed by atoms with Crippen molar-refractivity contribution in [2.45, 2.75) is 83.0 Å². The third kappa shape index (κ3) is 3.76. The topological polar surface area (TPSA) is 71.0 Å². The number of nitrogens with zero attached hydrogens (tertiary/aromatic N) is 1. The van der Waals surface area contributed by atoms with E-state index in [1.54, 1.807) is 4.90 Å². The number of amides is 1. The quantitative estimate of drug-likeness (QED) is 0.655. The van der Waals surface area contributed by atoms with Crippen LogP contribution in [0.5, 0.6) is 0 Å². The molecule has 2 N–H and O–H groups in total. The summed E-state index contributed by atoms with van der Waals surface area (Å²) in [6.07, 6.45) is 5.24. The van der Waals surface area contributed by atoms with Crippen molar-refractivity contribution in [2.24, 2.45) is 17.3 Å². The second-order valence-electron chi connectivity index (χ2n) is 11.2. The molecule has 6 nitrogen and oxygen atoms in total. The molecule has 3 saturated carbocycles. The summed E-state index contributed by atoms with van der Waals surface area (Å²) in [6, 6.07) is 10.3. The summed E-state index contributed by atoms with van der Waals surface area (Å²) < 4.78 is 13.3. The van der Waals surface area contributed by atoms with Gasteiger partial charge in [0.25, 0.3) is 0 Å². The van der Waals surface area contributed by atoms with Crippen LogP contribution in [-0.4, -0.2) is 60.0 Å². The highest BCUT2D eigenvalue weighted by Crippen LogP contribution is 2.65. The second kappa shape index (κ2) is 8.34. The maximum Gasteiger partial charge on any atom is 0.482 e. The smallest absolute Gasteiger partial charge is 0.465 e. The number of carbonyl (C=O) groups is 1. The predicted molar refractivity (Wildman–Crippen MR) is 124 cm³/mol. The maximum atomic E-state index is 12.5. The molecule has 2 aliphatic heterocycles. The Morgan fingerprint density at radius 1 is 1.25 bits per heavy atom. The van der Waals surface area contributed by atoms with Gasteiger partial charge in [0.2, 0.25) is 0 Å². The molecule has 1 amide bonds. The summed E-state index contributed by atoms with van der Waals surface area (Å²) in [5.74, 6) is 0.753. The van der Waals surface area contributed by atoms with Crippen LogP contribution in [0.1, 0.15) is 58.4 Å². The zero-order valence-electron chi connectivity index (χ0n) is 19.6. The first-order valence-electron chi connectivity index (χ1n) is 12.4. The molecule has 6 atom stereocenters. The average molecular weight is 440 g/mol. The van der Waals surface area contributed by atoms with E-state index in [2.05, 4.69) is 38.2 Å². The van der Waals surface area contributed by atoms with E-state index in [1.165, 1.54) is 6.42 Å². The van der Waals surface area contributed by atoms with E-state index >= 15 is 0 Å². The lowest BCUT2D eigenvalue weighted by Gasteiger charge is -2.64. The molecule has 6 rings (SSSR count). The molecule has 7 heteroatoms. The Morgan fingerprint density at radius 2 is 2.03 bits per heavy atom. The molecule has 32 heavy (non-hydrogen) atoms. The third-order valence-corrected chi connectivity index (χ3v) is 9.05. The standard InChI is InChI=1S/C25H37BN2O4/c1-24(2)18-14-20(24)25(3)21(15-18)31-26(32-25)22(13-17-9-5-4-6-10-17)28(23(29)30)16-19-11-7-8-12-27-19/h4-6,9-10,18-22,27H,7-8,11-16H2,1-3H3,(H,29,30)/t18-,19?,20-,21+,22-,25-/m0/s1. The molecule has 5 aliphatic rings. The van der Waals surface area contributed by atoms with Crippen molar-refractivity contribution in [3.05, 3.63) is 35.9 Å². The van der Waals surface area contributed by atoms with Gasteiger partial charge in [-0.1, -0.05) is 50.6 Å². The molecule has 2 saturated heterocycles. The van der Waals surface area contributed by atoms with Crippen LogP contribution in [0, 0.1) is 17.3 Å². The number of hydrogen-bond donors (Lipinski definition) is 2. The van der Waals surface area contributed by atoms with E-state index in [9.17, 15) is 9.90 Å². The Morgan fingerprint density at radius 3 is 2.69 bits per heavy atom. The Kier molecular flexibility index (Phi) is 5.79. The van der Waals surface area contributed by atoms with E-state index in [0.717, 1.165) is 37.8 Å². The van der Waals surface area contributed by atoms with Gasteiger partial charge in [-0.05, 0) is 68.4 Å². The maximum absolute atomic E-state index is 12.5. The lowest BCUT2D eigenvalue weighted by molar-refractivity contribution is -0.199. The fraction of sp³-hybridized carbons (Fsp3) is 0.720. The summed E-state index contributed by atoms with van der Waals surface area (Å²) in [6.45, 7) is 8.32. The first-order valence-corrected chi connectivity index (χ1v) is 12.4. The van der Waals surface area contributed by atoms with Crippen molar-refractivity contribution in [3.63, 3.8) is 0 Å². The van der Waals surface area contributed by atoms with Crippen LogP contribution in [0.25, 0.3) is 0 Å². The Balaban J connectivity index is 1.41. The molecule has 174 valence electrons. The number of piperidine rings is 1. The largest absolute Gasteiger partial charge is 0.482 e. The summed E-state index contributed by atoms with van der Waals surface area (Å²) in [5.41, 5.74) is 1.03. The Labute approximate surface area is 192 Å². The molecular formula is C25H37BN2O4. The van der Waals surface area contributed by atoms with E-state index in [1.807, 2.05) is 18.2 Å². The highest BCUT2D eigenvalue weighted by atomic mass is 16.7. The molecule has 0 spiro atoms. The van der Waals surface area contributed by atoms with Crippen molar-refractivity contribution < 1.29 is 19.2 Å². The average Bonchev–Trinajstić information content (AvgIpc) is 3.14. The van der Waals surface area contributed by atoms with E-state index < -0.39 is 13.2 Å². The molecule has 0 radical (unpaired) electrons. The van der Waals surface area contributed by atoms with Gasteiger partial charge in [0.15, 0.2) is 0 Å². The van der Waals surface area contributed by atoms with E-state index in [0.29, 0.717) is 24.8 Å². The molecule has 0 aromatic heterocycles. The van der Waals surface area contributed by atoms with Gasteiger partial charge < -0.3 is 24.6 Å². The predicted octanol–water partition coefficient (Wildman–Crippen LogP) is 3.99. The Hall–Kier alpha value is -1.57. The van der Waals surface area contributed by atoms with Crippen molar-refractivity contribution >= 4 is 13.2 Å². The number of nitrogens with one attached hydrogen (secondary N) is 1. The number of benzene rings is 1. The minimum Gasteiger partial charge on any atom is -0.465 e. The van der Waals surface area contributed by atoms with Crippen LogP contribution in [-0.2, 0) is 15.7 Å². The summed E-state index contributed by atoms with van der Waals surface area (Å²) >= 11 is 0. The summed E-state index contributed by atoms with van der Waals surface area (Å²) in [5, 5.41) is 13.8. The fourth-order valence-corrected chi connectivity index (χ4v) is 6.94. The summed E-state index contributed by atoms with van der Waals surface area (Å²) in [4.78, 5) is 14.1. The van der Waals surface area contributed by atoms with Gasteiger partial charge in [-0.3, -0.25) is 0 Å². The first-order chi connectivity index (χ1) is 15.3. The normalized spacial score (nSPS) is 36.2. The first kappa shape index (κ1) is 22.2. The van der Waals surface area contributed by atoms with Crippen LogP contribution in [0.15, 0.2) is 30.3 Å². The number of carboxylic acid groups (broad SMARTS) is 1. The van der Waals surface area contributed by atoms with E-state index in [4.69, 9.17) is 9.31 Å². The van der Waals surface area contributed by atoms with Gasteiger partial charge in [0.05, 0.1) is 17.6 Å². The molecule has 1 aromatic carbocycles. The lowest BCUT2D eigenvalue weighted by atomic mass is 9.43. The third-order valence-electron chi connectivity index (χ3n) is 9.05. The van der Waals surface area contributed by atoms with Crippen LogP contribution in [0.3, 0.4) is 0 Å². The Bertz CT molecular complexity index is 830. The molecule has 5 fully saturated rings. The van der Waals surface area contributed by atoms with Crippen molar-refractivity contribution in [1.82, 2.24) is 10.2 Å². The SMILES string of the molecule is CC1(C)[C@@H]2C[C@H]3OB([C@H](Cc4ccccc4)N(CC4CCCCN4)C(=O)O)O[C@@]3(C)[C@H]1C2. The van der Waals surface area contributed by atoms with Crippen LogP contribution >= 0.6 is 0 Å². The number of rotatable bonds is 6. The summed E-state index contributed by atoms with van der Waals surface area (Å²) in [7, 11) is -0.542. The van der Waals surface area contributed by atoms with E-state index in [-0.39, 0.29) is 29.1 Å². The zero-order valence-corrected chi connectivity index (χ0v) is 19.6. The zero-order chi connectivity index (χ0) is 22.5. The van der Waals surface area contributed by atoms with Crippen LogP contribution < -0.4 is 5.32 Å². The molecule has 1 unspecified atom stereocenters. The molecule has 2 heterocycles. The minimum absolute atomic E-state index is 0.0472. The second-order valence-corrected chi connectivity index (χ2v) is 11.2. The van der Waals surface area contributed by atoms with Gasteiger partial charge in [-0.2, -0.15) is 0 Å². The fourth-order valence-electron chi connectivity index (χ4n) is 6.94. The molecule has 3 aliphatic carbocycles. The molecular weight excluding hydrogens is 403 g/mol. The van der Waals surface area contributed by atoms with Gasteiger partial charge in [0.1, 0.15) is 0 Å². The van der Waals surface area contributed by atoms with Gasteiger partial charge in [-0.25, -0.2) is 4.79 Å². The minimum atomic E-state index is -0.893. The van der Waals surface area contributed by atoms with Crippen LogP contribution in [0.4, 0.5) is 4.79 Å². The molecule has 2 bridgehead atoms. The number of hydrogen-bond acceptors (Lipinski definition) is 4. The van der Waals surface area contributed by atoms with Crippen molar-refractivity contribution in [3.8, 4) is 0 Å². The van der Waals surface area contributed by atoms with Gasteiger partial charge >= 0.3 is 13.2 Å². The van der Waals surface area contributed by atoms with Crippen LogP contribution in [0.2, 0.25) is 0 Å². The van der Waals surface area contributed by atoms with Crippen molar-refractivity contribution in [1.29, 1.82) is 0 Å². The van der Waals surface area contributed by atoms with Gasteiger partial charge in [0, 0.05) is 12.6 Å². The van der Waals surface area contributed by atoms with Gasteiger partial charge in [-0.15, -0.1) is 0 Å². The highest BCUT2D eigenvalue weighted by molar-refractivity contribution is 6.47. The molecule has 1 aromatic rings. The monoisotopic (exact) mass is 440 g/mol. The van der Waals surface area contributed by atoms with Crippen molar-refractivity contribution in [2.75, 3.05) is 13.1 Å².